The van der Waals surface area contributed by atoms with Crippen LogP contribution in [0.25, 0.3) is 0 Å². The predicted octanol–water partition coefficient (Wildman–Crippen LogP) is 4.86. The van der Waals surface area contributed by atoms with E-state index < -0.39 is 0 Å². The van der Waals surface area contributed by atoms with Gasteiger partial charge < -0.3 is 15.4 Å². The van der Waals surface area contributed by atoms with Crippen molar-refractivity contribution in [3.05, 3.63) is 82.2 Å². The molecule has 1 amide bonds. The third kappa shape index (κ3) is 4.00. The van der Waals surface area contributed by atoms with Crippen LogP contribution in [0.15, 0.2) is 71.1 Å². The zero-order valence-corrected chi connectivity index (χ0v) is 18.2. The smallest absolute Gasteiger partial charge is 0.254 e. The first kappa shape index (κ1) is 20.9. The molecule has 1 unspecified atom stereocenters. The highest BCUT2D eigenvalue weighted by molar-refractivity contribution is 6.10. The van der Waals surface area contributed by atoms with Crippen molar-refractivity contribution < 1.29 is 14.3 Å². The number of benzene rings is 2. The van der Waals surface area contributed by atoms with Gasteiger partial charge in [0, 0.05) is 34.9 Å². The SMILES string of the molecule is CCc1ccc(C2C(C(=O)Nc3ccccc3OC)=C(C)NC3=C2C(=O)CCC3)cc1. The maximum Gasteiger partial charge on any atom is 0.254 e. The van der Waals surface area contributed by atoms with E-state index in [1.165, 1.54) is 5.56 Å². The van der Waals surface area contributed by atoms with Gasteiger partial charge in [-0.1, -0.05) is 43.3 Å². The van der Waals surface area contributed by atoms with Gasteiger partial charge in [-0.15, -0.1) is 0 Å². The lowest BCUT2D eigenvalue weighted by Crippen LogP contribution is -2.35. The van der Waals surface area contributed by atoms with Crippen LogP contribution < -0.4 is 15.4 Å². The highest BCUT2D eigenvalue weighted by Gasteiger charge is 2.38. The van der Waals surface area contributed by atoms with Crippen molar-refractivity contribution in [2.24, 2.45) is 0 Å². The van der Waals surface area contributed by atoms with Crippen LogP contribution in [0.5, 0.6) is 5.75 Å². The summed E-state index contributed by atoms with van der Waals surface area (Å²) >= 11 is 0. The average molecular weight is 417 g/mol. The number of rotatable bonds is 5. The van der Waals surface area contributed by atoms with Gasteiger partial charge in [0.15, 0.2) is 5.78 Å². The molecule has 31 heavy (non-hydrogen) atoms. The number of methoxy groups -OCH3 is 1. The largest absolute Gasteiger partial charge is 0.495 e. The third-order valence-corrected chi connectivity index (χ3v) is 6.10. The number of Topliss-reactive ketones (excluding diaryl/α,β-unsaturated/α-hetero) is 1. The van der Waals surface area contributed by atoms with Crippen molar-refractivity contribution in [3.63, 3.8) is 0 Å². The van der Waals surface area contributed by atoms with E-state index in [1.54, 1.807) is 7.11 Å². The fourth-order valence-electron chi connectivity index (χ4n) is 4.50. The Bertz CT molecular complexity index is 1080. The summed E-state index contributed by atoms with van der Waals surface area (Å²) in [6.45, 7) is 4.02. The fourth-order valence-corrected chi connectivity index (χ4v) is 4.50. The summed E-state index contributed by atoms with van der Waals surface area (Å²) in [7, 11) is 1.58. The number of anilines is 1. The molecule has 2 aromatic rings. The van der Waals surface area contributed by atoms with E-state index in [4.69, 9.17) is 4.74 Å². The number of aryl methyl sites for hydroxylation is 1. The number of amides is 1. The molecule has 1 atom stereocenters. The molecule has 0 saturated carbocycles. The van der Waals surface area contributed by atoms with Gasteiger partial charge >= 0.3 is 0 Å². The van der Waals surface area contributed by atoms with Crippen LogP contribution in [0, 0.1) is 0 Å². The number of nitrogens with one attached hydrogen (secondary N) is 2. The molecule has 0 bridgehead atoms. The maximum absolute atomic E-state index is 13.5. The average Bonchev–Trinajstić information content (AvgIpc) is 2.78. The number of dihydropyridines is 1. The monoisotopic (exact) mass is 416 g/mol. The Morgan fingerprint density at radius 1 is 1.13 bits per heavy atom. The van der Waals surface area contributed by atoms with Crippen molar-refractivity contribution in [1.82, 2.24) is 5.32 Å². The topological polar surface area (TPSA) is 67.4 Å². The Morgan fingerprint density at radius 2 is 1.87 bits per heavy atom. The molecule has 4 rings (SSSR count). The lowest BCUT2D eigenvalue weighted by molar-refractivity contribution is -0.116. The van der Waals surface area contributed by atoms with E-state index in [0.29, 0.717) is 23.4 Å². The minimum absolute atomic E-state index is 0.119. The number of ketones is 1. The van der Waals surface area contributed by atoms with Gasteiger partial charge in [-0.2, -0.15) is 0 Å². The second-order valence-corrected chi connectivity index (χ2v) is 8.02. The summed E-state index contributed by atoms with van der Waals surface area (Å²) in [6, 6.07) is 15.6. The van der Waals surface area contributed by atoms with Gasteiger partial charge in [-0.05, 0) is 49.4 Å². The number of carbonyl (C=O) groups excluding carboxylic acids is 2. The van der Waals surface area contributed by atoms with Gasteiger partial charge in [0.25, 0.3) is 5.91 Å². The van der Waals surface area contributed by atoms with Gasteiger partial charge in [-0.25, -0.2) is 0 Å². The van der Waals surface area contributed by atoms with E-state index >= 15 is 0 Å². The second kappa shape index (κ2) is 8.80. The molecule has 2 aromatic carbocycles. The number of hydrogen-bond acceptors (Lipinski definition) is 4. The lowest BCUT2D eigenvalue weighted by atomic mass is 9.75. The highest BCUT2D eigenvalue weighted by Crippen LogP contribution is 2.42. The molecule has 1 aliphatic carbocycles. The van der Waals surface area contributed by atoms with E-state index in [2.05, 4.69) is 29.7 Å². The summed E-state index contributed by atoms with van der Waals surface area (Å²) in [4.78, 5) is 26.5. The van der Waals surface area contributed by atoms with E-state index in [9.17, 15) is 9.59 Å². The summed E-state index contributed by atoms with van der Waals surface area (Å²) in [5, 5.41) is 6.36. The molecule has 1 aliphatic heterocycles. The lowest BCUT2D eigenvalue weighted by Gasteiger charge is -2.34. The van der Waals surface area contributed by atoms with Crippen molar-refractivity contribution in [1.29, 1.82) is 0 Å². The molecule has 0 spiro atoms. The number of para-hydroxylation sites is 2. The fraction of sp³-hybridized carbons (Fsp3) is 0.308. The molecule has 0 radical (unpaired) electrons. The van der Waals surface area contributed by atoms with Crippen molar-refractivity contribution >= 4 is 17.4 Å². The molecule has 5 heteroatoms. The van der Waals surface area contributed by atoms with Crippen LogP contribution in [-0.4, -0.2) is 18.8 Å². The zero-order valence-electron chi connectivity index (χ0n) is 18.2. The van der Waals surface area contributed by atoms with Gasteiger partial charge in [0.05, 0.1) is 12.8 Å². The van der Waals surface area contributed by atoms with Crippen molar-refractivity contribution in [3.8, 4) is 5.75 Å². The van der Waals surface area contributed by atoms with Crippen LogP contribution in [-0.2, 0) is 16.0 Å². The van der Waals surface area contributed by atoms with E-state index in [1.807, 2.05) is 43.3 Å². The molecule has 1 heterocycles. The minimum Gasteiger partial charge on any atom is -0.495 e. The Hall–Kier alpha value is -3.34. The van der Waals surface area contributed by atoms with Crippen LogP contribution >= 0.6 is 0 Å². The van der Waals surface area contributed by atoms with Crippen LogP contribution in [0.4, 0.5) is 5.69 Å². The van der Waals surface area contributed by atoms with E-state index in [0.717, 1.165) is 41.8 Å². The van der Waals surface area contributed by atoms with Gasteiger partial charge in [0.1, 0.15) is 5.75 Å². The first-order chi connectivity index (χ1) is 15.0. The van der Waals surface area contributed by atoms with Crippen LogP contribution in [0.1, 0.15) is 50.2 Å². The van der Waals surface area contributed by atoms with Crippen molar-refractivity contribution in [2.45, 2.75) is 45.4 Å². The third-order valence-electron chi connectivity index (χ3n) is 6.10. The van der Waals surface area contributed by atoms with Crippen LogP contribution in [0.3, 0.4) is 0 Å². The summed E-state index contributed by atoms with van der Waals surface area (Å²) in [5.41, 5.74) is 5.83. The summed E-state index contributed by atoms with van der Waals surface area (Å²) in [5.74, 6) is 0.0948. The molecular weight excluding hydrogens is 388 g/mol. The van der Waals surface area contributed by atoms with Crippen LogP contribution in [0.2, 0.25) is 0 Å². The summed E-state index contributed by atoms with van der Waals surface area (Å²) in [6.07, 6.45) is 3.12. The molecule has 0 saturated heterocycles. The molecule has 0 fully saturated rings. The second-order valence-electron chi connectivity index (χ2n) is 8.02. The maximum atomic E-state index is 13.5. The molecule has 2 aliphatic rings. The highest BCUT2D eigenvalue weighted by atomic mass is 16.5. The first-order valence-corrected chi connectivity index (χ1v) is 10.8. The summed E-state index contributed by atoms with van der Waals surface area (Å²) < 4.78 is 5.39. The Labute approximate surface area is 183 Å². The Balaban J connectivity index is 1.78. The molecule has 2 N–H and O–H groups in total. The standard InChI is InChI=1S/C26H28N2O3/c1-4-17-12-14-18(15-13-17)24-23(16(2)27-20-9-7-10-21(29)25(20)24)26(30)28-19-8-5-6-11-22(19)31-3/h5-6,8,11-15,24,27H,4,7,9-10H2,1-3H3,(H,28,30). The van der Waals surface area contributed by atoms with Gasteiger partial charge in [-0.3, -0.25) is 9.59 Å². The van der Waals surface area contributed by atoms with E-state index in [-0.39, 0.29) is 17.6 Å². The quantitative estimate of drug-likeness (QED) is 0.730. The first-order valence-electron chi connectivity index (χ1n) is 10.8. The Morgan fingerprint density at radius 3 is 2.58 bits per heavy atom. The molecule has 160 valence electrons. The molecular formula is C26H28N2O3. The predicted molar refractivity (Wildman–Crippen MR) is 122 cm³/mol. The number of hydrogen-bond donors (Lipinski definition) is 2. The minimum atomic E-state index is -0.385. The number of carbonyl (C=O) groups is 2. The van der Waals surface area contributed by atoms with Gasteiger partial charge in [0.2, 0.25) is 0 Å². The van der Waals surface area contributed by atoms with Crippen molar-refractivity contribution in [2.75, 3.05) is 12.4 Å². The molecule has 0 aromatic heterocycles. The number of allylic oxidation sites excluding steroid dienone is 3. The number of ether oxygens (including phenoxy) is 1. The molecule has 5 nitrogen and oxygen atoms in total. The Kier molecular flexibility index (Phi) is 5.94. The normalized spacial score (nSPS) is 18.4. The zero-order chi connectivity index (χ0) is 22.0.